The molecule has 0 spiro atoms. The summed E-state index contributed by atoms with van der Waals surface area (Å²) in [6.07, 6.45) is 3.48. The molecular formula is C21H24N2O3. The standard InChI is InChI=1S/C21H24N2O3/c1-25-17-26-20-10-7-18(8-11-20)9-12-21(24)23-15-13-22(14-16-23)19-5-3-2-4-6-19/h2-12H,13-17H2,1H3/b12-9+. The van der Waals surface area contributed by atoms with Gasteiger partial charge in [0.25, 0.3) is 0 Å². The second-order valence-corrected chi connectivity index (χ2v) is 6.10. The van der Waals surface area contributed by atoms with Gasteiger partial charge in [0.2, 0.25) is 5.91 Å². The van der Waals surface area contributed by atoms with Crippen LogP contribution in [0.25, 0.3) is 6.08 Å². The molecule has 1 saturated heterocycles. The van der Waals surface area contributed by atoms with Gasteiger partial charge in [-0.3, -0.25) is 4.79 Å². The van der Waals surface area contributed by atoms with Crippen molar-refractivity contribution in [3.63, 3.8) is 0 Å². The molecule has 1 heterocycles. The first-order valence-electron chi connectivity index (χ1n) is 8.75. The predicted octanol–water partition coefficient (Wildman–Crippen LogP) is 3.03. The first-order chi connectivity index (χ1) is 12.8. The number of hydrogen-bond donors (Lipinski definition) is 0. The highest BCUT2D eigenvalue weighted by Gasteiger charge is 2.19. The van der Waals surface area contributed by atoms with Gasteiger partial charge in [0.05, 0.1) is 0 Å². The van der Waals surface area contributed by atoms with Crippen LogP contribution in [-0.4, -0.2) is 50.9 Å². The Hall–Kier alpha value is -2.79. The van der Waals surface area contributed by atoms with E-state index in [1.807, 2.05) is 53.4 Å². The third kappa shape index (κ3) is 4.86. The van der Waals surface area contributed by atoms with Gasteiger partial charge in [0.15, 0.2) is 6.79 Å². The minimum Gasteiger partial charge on any atom is -0.468 e. The van der Waals surface area contributed by atoms with Crippen molar-refractivity contribution < 1.29 is 14.3 Å². The number of anilines is 1. The van der Waals surface area contributed by atoms with E-state index in [0.29, 0.717) is 0 Å². The first kappa shape index (κ1) is 18.0. The Morgan fingerprint density at radius 2 is 1.69 bits per heavy atom. The zero-order valence-corrected chi connectivity index (χ0v) is 15.0. The van der Waals surface area contributed by atoms with Crippen LogP contribution in [0.3, 0.4) is 0 Å². The van der Waals surface area contributed by atoms with Gasteiger partial charge < -0.3 is 19.3 Å². The van der Waals surface area contributed by atoms with E-state index in [1.165, 1.54) is 5.69 Å². The summed E-state index contributed by atoms with van der Waals surface area (Å²) in [4.78, 5) is 16.6. The minimum absolute atomic E-state index is 0.0532. The van der Waals surface area contributed by atoms with Crippen LogP contribution in [0, 0.1) is 0 Å². The maximum atomic E-state index is 12.4. The summed E-state index contributed by atoms with van der Waals surface area (Å²) in [7, 11) is 1.59. The number of piperazine rings is 1. The summed E-state index contributed by atoms with van der Waals surface area (Å²) in [5, 5.41) is 0. The highest BCUT2D eigenvalue weighted by molar-refractivity contribution is 5.92. The quantitative estimate of drug-likeness (QED) is 0.592. The minimum atomic E-state index is 0.0532. The van der Waals surface area contributed by atoms with Gasteiger partial charge in [-0.25, -0.2) is 0 Å². The zero-order chi connectivity index (χ0) is 18.2. The van der Waals surface area contributed by atoms with Crippen molar-refractivity contribution in [2.45, 2.75) is 0 Å². The predicted molar refractivity (Wildman–Crippen MR) is 103 cm³/mol. The maximum absolute atomic E-state index is 12.4. The Bertz CT molecular complexity index is 721. The molecule has 1 aliphatic rings. The number of para-hydroxylation sites is 1. The molecule has 5 nitrogen and oxygen atoms in total. The summed E-state index contributed by atoms with van der Waals surface area (Å²) in [6.45, 7) is 3.41. The zero-order valence-electron chi connectivity index (χ0n) is 15.0. The van der Waals surface area contributed by atoms with E-state index in [2.05, 4.69) is 17.0 Å². The number of ether oxygens (including phenoxy) is 2. The maximum Gasteiger partial charge on any atom is 0.246 e. The van der Waals surface area contributed by atoms with Crippen molar-refractivity contribution in [3.8, 4) is 5.75 Å². The number of amides is 1. The Morgan fingerprint density at radius 1 is 1.00 bits per heavy atom. The number of carbonyl (C=O) groups excluding carboxylic acids is 1. The first-order valence-corrected chi connectivity index (χ1v) is 8.75. The van der Waals surface area contributed by atoms with Crippen molar-refractivity contribution in [3.05, 3.63) is 66.2 Å². The lowest BCUT2D eigenvalue weighted by molar-refractivity contribution is -0.126. The molecule has 1 aliphatic heterocycles. The molecule has 3 rings (SSSR count). The summed E-state index contributed by atoms with van der Waals surface area (Å²) in [5.74, 6) is 0.796. The van der Waals surface area contributed by atoms with Crippen LogP contribution in [0.1, 0.15) is 5.56 Å². The SMILES string of the molecule is COCOc1ccc(/C=C/C(=O)N2CCN(c3ccccc3)CC2)cc1. The fraction of sp³-hybridized carbons (Fsp3) is 0.286. The van der Waals surface area contributed by atoms with Gasteiger partial charge in [-0.1, -0.05) is 30.3 Å². The van der Waals surface area contributed by atoms with E-state index in [4.69, 9.17) is 9.47 Å². The number of nitrogens with zero attached hydrogens (tertiary/aromatic N) is 2. The highest BCUT2D eigenvalue weighted by atomic mass is 16.7. The molecule has 0 saturated carbocycles. The van der Waals surface area contributed by atoms with Crippen molar-refractivity contribution in [2.24, 2.45) is 0 Å². The van der Waals surface area contributed by atoms with E-state index >= 15 is 0 Å². The lowest BCUT2D eigenvalue weighted by Crippen LogP contribution is -2.48. The summed E-state index contributed by atoms with van der Waals surface area (Å²) in [5.41, 5.74) is 2.18. The largest absolute Gasteiger partial charge is 0.468 e. The third-order valence-corrected chi connectivity index (χ3v) is 4.35. The third-order valence-electron chi connectivity index (χ3n) is 4.35. The van der Waals surface area contributed by atoms with Gasteiger partial charge in [-0.05, 0) is 35.9 Å². The van der Waals surface area contributed by atoms with E-state index in [9.17, 15) is 4.79 Å². The molecule has 2 aromatic rings. The molecule has 26 heavy (non-hydrogen) atoms. The molecular weight excluding hydrogens is 328 g/mol. The fourth-order valence-electron chi connectivity index (χ4n) is 2.90. The monoisotopic (exact) mass is 352 g/mol. The molecule has 1 amide bonds. The Labute approximate surface area is 154 Å². The van der Waals surface area contributed by atoms with Crippen LogP contribution < -0.4 is 9.64 Å². The molecule has 1 fully saturated rings. The lowest BCUT2D eigenvalue weighted by atomic mass is 10.2. The molecule has 0 N–H and O–H groups in total. The van der Waals surface area contributed by atoms with Crippen LogP contribution >= 0.6 is 0 Å². The molecule has 0 aliphatic carbocycles. The fourth-order valence-corrected chi connectivity index (χ4v) is 2.90. The molecule has 0 bridgehead atoms. The van der Waals surface area contributed by atoms with Gasteiger partial charge in [-0.2, -0.15) is 0 Å². The van der Waals surface area contributed by atoms with Crippen LogP contribution in [0.15, 0.2) is 60.7 Å². The van der Waals surface area contributed by atoms with Crippen LogP contribution in [0.4, 0.5) is 5.69 Å². The normalized spacial score (nSPS) is 14.7. The van der Waals surface area contributed by atoms with Crippen molar-refractivity contribution in [1.29, 1.82) is 0 Å². The molecule has 136 valence electrons. The Kier molecular flexibility index (Phi) is 6.28. The van der Waals surface area contributed by atoms with Gasteiger partial charge >= 0.3 is 0 Å². The summed E-state index contributed by atoms with van der Waals surface area (Å²) in [6, 6.07) is 17.9. The van der Waals surface area contributed by atoms with Crippen LogP contribution in [0.2, 0.25) is 0 Å². The second-order valence-electron chi connectivity index (χ2n) is 6.10. The number of carbonyl (C=O) groups is 1. The number of rotatable bonds is 6. The van der Waals surface area contributed by atoms with Crippen LogP contribution in [-0.2, 0) is 9.53 Å². The molecule has 2 aromatic carbocycles. The summed E-state index contributed by atoms with van der Waals surface area (Å²) >= 11 is 0. The Balaban J connectivity index is 1.50. The average molecular weight is 352 g/mol. The number of benzene rings is 2. The molecule has 0 radical (unpaired) electrons. The topological polar surface area (TPSA) is 42.0 Å². The van der Waals surface area contributed by atoms with E-state index in [0.717, 1.165) is 37.5 Å². The van der Waals surface area contributed by atoms with Crippen LogP contribution in [0.5, 0.6) is 5.75 Å². The number of hydrogen-bond acceptors (Lipinski definition) is 4. The number of methoxy groups -OCH3 is 1. The Morgan fingerprint density at radius 3 is 2.35 bits per heavy atom. The van der Waals surface area contributed by atoms with E-state index < -0.39 is 0 Å². The van der Waals surface area contributed by atoms with Crippen molar-refractivity contribution in [1.82, 2.24) is 4.90 Å². The highest BCUT2D eigenvalue weighted by Crippen LogP contribution is 2.16. The molecule has 5 heteroatoms. The lowest BCUT2D eigenvalue weighted by Gasteiger charge is -2.35. The smallest absolute Gasteiger partial charge is 0.246 e. The second kappa shape index (κ2) is 9.06. The van der Waals surface area contributed by atoms with Gasteiger partial charge in [-0.15, -0.1) is 0 Å². The molecule has 0 unspecified atom stereocenters. The van der Waals surface area contributed by atoms with Gasteiger partial charge in [0, 0.05) is 45.1 Å². The van der Waals surface area contributed by atoms with Crippen molar-refractivity contribution >= 4 is 17.7 Å². The molecule has 0 atom stereocenters. The average Bonchev–Trinajstić information content (AvgIpc) is 2.72. The van der Waals surface area contributed by atoms with E-state index in [-0.39, 0.29) is 12.7 Å². The van der Waals surface area contributed by atoms with Crippen molar-refractivity contribution in [2.75, 3.05) is 45.0 Å². The van der Waals surface area contributed by atoms with E-state index in [1.54, 1.807) is 13.2 Å². The summed E-state index contributed by atoms with van der Waals surface area (Å²) < 4.78 is 10.2. The molecule has 0 aromatic heterocycles. The van der Waals surface area contributed by atoms with Gasteiger partial charge in [0.1, 0.15) is 5.75 Å².